The molecule has 7 nitrogen and oxygen atoms in total. The highest BCUT2D eigenvalue weighted by atomic mass is 16.6. The van der Waals surface area contributed by atoms with Gasteiger partial charge in [0.25, 0.3) is 0 Å². The maximum Gasteiger partial charge on any atom is 0.203 e. The lowest BCUT2D eigenvalue weighted by Crippen LogP contribution is -2.43. The number of Topliss-reactive ketones (excluding diaryl/α,β-unsaturated/α-hetero) is 1. The second-order valence-electron chi connectivity index (χ2n) is 8.26. The van der Waals surface area contributed by atoms with Gasteiger partial charge in [-0.3, -0.25) is 4.79 Å². The van der Waals surface area contributed by atoms with Gasteiger partial charge in [-0.15, -0.1) is 0 Å². The summed E-state index contributed by atoms with van der Waals surface area (Å²) < 4.78 is 35.0. The average Bonchev–Trinajstić information content (AvgIpc) is 2.76. The molecule has 2 atom stereocenters. The summed E-state index contributed by atoms with van der Waals surface area (Å²) in [5, 5.41) is 0. The number of benzene rings is 2. The first kappa shape index (κ1) is 19.6. The zero-order valence-corrected chi connectivity index (χ0v) is 18.1. The Kier molecular flexibility index (Phi) is 4.32. The van der Waals surface area contributed by atoms with E-state index in [9.17, 15) is 4.79 Å². The highest BCUT2D eigenvalue weighted by Gasteiger charge is 2.47. The zero-order chi connectivity index (χ0) is 21.9. The van der Waals surface area contributed by atoms with Gasteiger partial charge in [0.1, 0.15) is 35.6 Å². The summed E-state index contributed by atoms with van der Waals surface area (Å²) in [7, 11) is 4.60. The minimum absolute atomic E-state index is 0.0534. The number of carbonyl (C=O) groups excluding carboxylic acids is 1. The summed E-state index contributed by atoms with van der Waals surface area (Å²) >= 11 is 0. The molecule has 7 heteroatoms. The van der Waals surface area contributed by atoms with Crippen molar-refractivity contribution in [3.63, 3.8) is 0 Å². The Morgan fingerprint density at radius 2 is 1.81 bits per heavy atom. The van der Waals surface area contributed by atoms with E-state index in [-0.39, 0.29) is 12.4 Å². The third-order valence-corrected chi connectivity index (χ3v) is 5.91. The first-order valence-corrected chi connectivity index (χ1v) is 10.1. The number of methoxy groups -OCH3 is 3. The van der Waals surface area contributed by atoms with Gasteiger partial charge in [-0.1, -0.05) is 0 Å². The van der Waals surface area contributed by atoms with Crippen LogP contribution in [0.2, 0.25) is 0 Å². The van der Waals surface area contributed by atoms with Crippen LogP contribution in [-0.2, 0) is 0 Å². The lowest BCUT2D eigenvalue weighted by atomic mass is 9.80. The molecule has 31 heavy (non-hydrogen) atoms. The standard InChI is InChI=1S/C24H24O7/c1-24(2)9-8-12-14(31-24)7-6-13-20(25)18-17(30-21(12)13)11-29-15-10-16(26-3)22(27-4)23(28-5)19(15)18/h6-10,17-18H,11H2,1-5H3. The van der Waals surface area contributed by atoms with Crippen LogP contribution in [0, 0.1) is 0 Å². The first-order chi connectivity index (χ1) is 14.9. The predicted octanol–water partition coefficient (Wildman–Crippen LogP) is 4.02. The van der Waals surface area contributed by atoms with Gasteiger partial charge in [0.15, 0.2) is 17.3 Å². The van der Waals surface area contributed by atoms with Crippen LogP contribution in [0.1, 0.15) is 41.3 Å². The molecule has 0 aliphatic carbocycles. The van der Waals surface area contributed by atoms with Crippen LogP contribution >= 0.6 is 0 Å². The van der Waals surface area contributed by atoms with Gasteiger partial charge < -0.3 is 28.4 Å². The average molecular weight is 424 g/mol. The smallest absolute Gasteiger partial charge is 0.203 e. The largest absolute Gasteiger partial charge is 0.493 e. The van der Waals surface area contributed by atoms with Crippen molar-refractivity contribution >= 4 is 11.9 Å². The molecule has 0 fully saturated rings. The van der Waals surface area contributed by atoms with Crippen molar-refractivity contribution in [2.45, 2.75) is 31.5 Å². The van der Waals surface area contributed by atoms with Gasteiger partial charge >= 0.3 is 0 Å². The minimum atomic E-state index is -0.589. The molecule has 2 unspecified atom stereocenters. The maximum absolute atomic E-state index is 13.7. The highest BCUT2D eigenvalue weighted by molar-refractivity contribution is 6.07. The third-order valence-electron chi connectivity index (χ3n) is 5.91. The number of ketones is 1. The summed E-state index contributed by atoms with van der Waals surface area (Å²) in [6.45, 7) is 4.18. The third kappa shape index (κ3) is 2.83. The molecule has 162 valence electrons. The Balaban J connectivity index is 1.66. The molecule has 0 amide bonds. The molecular weight excluding hydrogens is 400 g/mol. The van der Waals surface area contributed by atoms with E-state index in [4.69, 9.17) is 28.4 Å². The molecule has 0 bridgehead atoms. The van der Waals surface area contributed by atoms with Gasteiger partial charge in [0.05, 0.1) is 43.9 Å². The van der Waals surface area contributed by atoms with E-state index < -0.39 is 17.6 Å². The summed E-state index contributed by atoms with van der Waals surface area (Å²) in [6, 6.07) is 5.32. The van der Waals surface area contributed by atoms with Crippen molar-refractivity contribution < 1.29 is 33.2 Å². The van der Waals surface area contributed by atoms with Crippen molar-refractivity contribution in [2.24, 2.45) is 0 Å². The molecular formula is C24H24O7. The lowest BCUT2D eigenvalue weighted by Gasteiger charge is -2.39. The van der Waals surface area contributed by atoms with E-state index in [0.29, 0.717) is 45.6 Å². The van der Waals surface area contributed by atoms with Crippen molar-refractivity contribution in [1.82, 2.24) is 0 Å². The summed E-state index contributed by atoms with van der Waals surface area (Å²) in [5.41, 5.74) is 1.47. The fraction of sp³-hybridized carbons (Fsp3) is 0.375. The zero-order valence-electron chi connectivity index (χ0n) is 18.1. The van der Waals surface area contributed by atoms with E-state index in [1.54, 1.807) is 19.2 Å². The Bertz CT molecular complexity index is 1120. The van der Waals surface area contributed by atoms with Crippen molar-refractivity contribution in [3.8, 4) is 34.5 Å². The normalized spacial score (nSPS) is 21.9. The van der Waals surface area contributed by atoms with Crippen LogP contribution in [0.3, 0.4) is 0 Å². The lowest BCUT2D eigenvalue weighted by molar-refractivity contribution is 0.0543. The van der Waals surface area contributed by atoms with Crippen LogP contribution in [0.25, 0.3) is 6.08 Å². The molecule has 0 spiro atoms. The van der Waals surface area contributed by atoms with E-state index in [1.807, 2.05) is 32.1 Å². The van der Waals surface area contributed by atoms with E-state index in [1.165, 1.54) is 14.2 Å². The molecule has 0 radical (unpaired) electrons. The maximum atomic E-state index is 13.7. The van der Waals surface area contributed by atoms with Gasteiger partial charge in [0.2, 0.25) is 5.75 Å². The fourth-order valence-corrected chi connectivity index (χ4v) is 4.50. The summed E-state index contributed by atoms with van der Waals surface area (Å²) in [6.07, 6.45) is 3.41. The number of fused-ring (bicyclic) bond motifs is 6. The Morgan fingerprint density at radius 1 is 1.03 bits per heavy atom. The van der Waals surface area contributed by atoms with Crippen molar-refractivity contribution in [1.29, 1.82) is 0 Å². The molecule has 0 aromatic heterocycles. The van der Waals surface area contributed by atoms with Crippen LogP contribution in [0.5, 0.6) is 34.5 Å². The van der Waals surface area contributed by atoms with Gasteiger partial charge in [-0.05, 0) is 38.1 Å². The van der Waals surface area contributed by atoms with Crippen LogP contribution < -0.4 is 28.4 Å². The number of hydrogen-bond acceptors (Lipinski definition) is 7. The molecule has 5 rings (SSSR count). The molecule has 3 heterocycles. The number of hydrogen-bond donors (Lipinski definition) is 0. The second-order valence-corrected chi connectivity index (χ2v) is 8.26. The quantitative estimate of drug-likeness (QED) is 0.737. The minimum Gasteiger partial charge on any atom is -0.493 e. The molecule has 3 aliphatic heterocycles. The van der Waals surface area contributed by atoms with Gasteiger partial charge in [-0.25, -0.2) is 0 Å². The molecule has 2 aromatic carbocycles. The first-order valence-electron chi connectivity index (χ1n) is 10.1. The van der Waals surface area contributed by atoms with E-state index >= 15 is 0 Å². The summed E-state index contributed by atoms with van der Waals surface area (Å²) in [5.74, 6) is 2.40. The number of carbonyl (C=O) groups is 1. The molecule has 0 saturated carbocycles. The highest BCUT2D eigenvalue weighted by Crippen LogP contribution is 2.54. The Morgan fingerprint density at radius 3 is 2.52 bits per heavy atom. The van der Waals surface area contributed by atoms with Gasteiger partial charge in [-0.2, -0.15) is 0 Å². The number of rotatable bonds is 3. The van der Waals surface area contributed by atoms with E-state index in [2.05, 4.69) is 0 Å². The molecule has 0 N–H and O–H groups in total. The molecule has 0 saturated heterocycles. The monoisotopic (exact) mass is 424 g/mol. The van der Waals surface area contributed by atoms with Crippen LogP contribution in [0.15, 0.2) is 24.3 Å². The predicted molar refractivity (Wildman–Crippen MR) is 113 cm³/mol. The SMILES string of the molecule is COc1cc2c(c(OC)c1OC)C1C(=O)c3ccc4c(c3OC1CO2)C=CC(C)(C)O4. The Labute approximate surface area is 180 Å². The van der Waals surface area contributed by atoms with Crippen molar-refractivity contribution in [2.75, 3.05) is 27.9 Å². The summed E-state index contributed by atoms with van der Waals surface area (Å²) in [4.78, 5) is 13.7. The van der Waals surface area contributed by atoms with Crippen molar-refractivity contribution in [3.05, 3.63) is 41.0 Å². The molecule has 2 aromatic rings. The number of ether oxygens (including phenoxy) is 6. The Hall–Kier alpha value is -3.35. The topological polar surface area (TPSA) is 72.5 Å². The second kappa shape index (κ2) is 6.83. The molecule has 3 aliphatic rings. The van der Waals surface area contributed by atoms with Crippen LogP contribution in [0.4, 0.5) is 0 Å². The van der Waals surface area contributed by atoms with E-state index in [0.717, 1.165) is 5.56 Å². The van der Waals surface area contributed by atoms with Crippen LogP contribution in [-0.4, -0.2) is 45.4 Å². The fourth-order valence-electron chi connectivity index (χ4n) is 4.50. The van der Waals surface area contributed by atoms with Gasteiger partial charge in [0, 0.05) is 6.07 Å².